The van der Waals surface area contributed by atoms with Gasteiger partial charge in [0.1, 0.15) is 0 Å². The minimum atomic E-state index is -2.93. The fourth-order valence-corrected chi connectivity index (χ4v) is 4.42. The van der Waals surface area contributed by atoms with E-state index in [-0.39, 0.29) is 29.5 Å². The fourth-order valence-electron chi connectivity index (χ4n) is 2.65. The van der Waals surface area contributed by atoms with E-state index in [4.69, 9.17) is 0 Å². The number of carbonyl (C=O) groups excluding carboxylic acids is 1. The average molecular weight is 260 g/mol. The number of sulfone groups is 1. The van der Waals surface area contributed by atoms with Gasteiger partial charge >= 0.3 is 0 Å². The van der Waals surface area contributed by atoms with Crippen molar-refractivity contribution in [1.29, 1.82) is 0 Å². The van der Waals surface area contributed by atoms with Gasteiger partial charge < -0.3 is 10.2 Å². The molecule has 2 heterocycles. The van der Waals surface area contributed by atoms with Crippen molar-refractivity contribution in [3.63, 3.8) is 0 Å². The number of nitrogens with one attached hydrogen (secondary N) is 1. The van der Waals surface area contributed by atoms with Crippen LogP contribution in [0.4, 0.5) is 0 Å². The van der Waals surface area contributed by atoms with Crippen LogP contribution in [0.2, 0.25) is 0 Å². The molecule has 2 rings (SSSR count). The van der Waals surface area contributed by atoms with Crippen molar-refractivity contribution in [2.24, 2.45) is 5.92 Å². The van der Waals surface area contributed by atoms with Crippen LogP contribution in [0.25, 0.3) is 0 Å². The first-order valence-electron chi connectivity index (χ1n) is 6.11. The van der Waals surface area contributed by atoms with Crippen LogP contribution in [0.5, 0.6) is 0 Å². The summed E-state index contributed by atoms with van der Waals surface area (Å²) >= 11 is 0. The molecule has 2 aliphatic rings. The summed E-state index contributed by atoms with van der Waals surface area (Å²) in [5.41, 5.74) is 0. The highest BCUT2D eigenvalue weighted by Crippen LogP contribution is 2.21. The Labute approximate surface area is 102 Å². The van der Waals surface area contributed by atoms with Crippen LogP contribution in [0.15, 0.2) is 0 Å². The van der Waals surface area contributed by atoms with E-state index in [0.717, 1.165) is 13.0 Å². The molecular weight excluding hydrogens is 240 g/mol. The van der Waals surface area contributed by atoms with Crippen LogP contribution in [-0.4, -0.2) is 56.4 Å². The molecule has 2 fully saturated rings. The average Bonchev–Trinajstić information content (AvgIpc) is 2.82. The van der Waals surface area contributed by atoms with E-state index < -0.39 is 9.84 Å². The maximum atomic E-state index is 12.2. The Kier molecular flexibility index (Phi) is 3.45. The van der Waals surface area contributed by atoms with Gasteiger partial charge in [-0.25, -0.2) is 8.42 Å². The van der Waals surface area contributed by atoms with Crippen molar-refractivity contribution < 1.29 is 13.2 Å². The summed E-state index contributed by atoms with van der Waals surface area (Å²) in [6.07, 6.45) is 1.58. The summed E-state index contributed by atoms with van der Waals surface area (Å²) in [6.45, 7) is 2.93. The summed E-state index contributed by atoms with van der Waals surface area (Å²) in [4.78, 5) is 13.9. The predicted molar refractivity (Wildman–Crippen MR) is 65.4 cm³/mol. The van der Waals surface area contributed by atoms with Crippen molar-refractivity contribution >= 4 is 15.7 Å². The summed E-state index contributed by atoms with van der Waals surface area (Å²) in [6, 6.07) is -0.273. The van der Waals surface area contributed by atoms with Gasteiger partial charge in [0.15, 0.2) is 9.84 Å². The zero-order valence-corrected chi connectivity index (χ0v) is 11.2. The Balaban J connectivity index is 2.00. The van der Waals surface area contributed by atoms with Gasteiger partial charge in [0.2, 0.25) is 5.91 Å². The van der Waals surface area contributed by atoms with Gasteiger partial charge in [0, 0.05) is 13.1 Å². The van der Waals surface area contributed by atoms with Gasteiger partial charge in [-0.15, -0.1) is 0 Å². The molecule has 98 valence electrons. The molecule has 0 saturated carbocycles. The first-order chi connectivity index (χ1) is 7.91. The minimum Gasteiger partial charge on any atom is -0.340 e. The maximum Gasteiger partial charge on any atom is 0.240 e. The highest BCUT2D eigenvalue weighted by molar-refractivity contribution is 7.91. The molecule has 3 unspecified atom stereocenters. The molecule has 0 aromatic rings. The maximum absolute atomic E-state index is 12.2. The van der Waals surface area contributed by atoms with Gasteiger partial charge in [-0.3, -0.25) is 4.79 Å². The zero-order chi connectivity index (χ0) is 12.6. The SMILES string of the molecule is CC1CCNC1C(=O)N(C)C1CCS(=O)(=O)C1. The Morgan fingerprint density at radius 3 is 2.53 bits per heavy atom. The Morgan fingerprint density at radius 2 is 2.06 bits per heavy atom. The molecule has 5 nitrogen and oxygen atoms in total. The molecule has 17 heavy (non-hydrogen) atoms. The summed E-state index contributed by atoms with van der Waals surface area (Å²) < 4.78 is 22.8. The largest absolute Gasteiger partial charge is 0.340 e. The van der Waals surface area contributed by atoms with E-state index in [2.05, 4.69) is 12.2 Å². The summed E-state index contributed by atoms with van der Waals surface area (Å²) in [5, 5.41) is 3.19. The molecule has 0 bridgehead atoms. The van der Waals surface area contributed by atoms with Crippen molar-refractivity contribution in [3.05, 3.63) is 0 Å². The van der Waals surface area contributed by atoms with Crippen molar-refractivity contribution in [2.75, 3.05) is 25.1 Å². The molecule has 0 aromatic heterocycles. The van der Waals surface area contributed by atoms with Crippen LogP contribution in [0, 0.1) is 5.92 Å². The van der Waals surface area contributed by atoms with E-state index in [0.29, 0.717) is 12.3 Å². The third-order valence-corrected chi connectivity index (χ3v) is 5.65. The second-order valence-electron chi connectivity index (χ2n) is 5.20. The lowest BCUT2D eigenvalue weighted by molar-refractivity contribution is -0.134. The molecular formula is C11H20N2O3S. The molecule has 0 spiro atoms. The van der Waals surface area contributed by atoms with Gasteiger partial charge in [-0.1, -0.05) is 6.92 Å². The quantitative estimate of drug-likeness (QED) is 0.735. The van der Waals surface area contributed by atoms with E-state index in [1.54, 1.807) is 11.9 Å². The number of hydrogen-bond donors (Lipinski definition) is 1. The van der Waals surface area contributed by atoms with Crippen LogP contribution in [0.3, 0.4) is 0 Å². The van der Waals surface area contributed by atoms with Crippen LogP contribution in [0.1, 0.15) is 19.8 Å². The molecule has 0 aromatic carbocycles. The van der Waals surface area contributed by atoms with Crippen LogP contribution in [-0.2, 0) is 14.6 Å². The second-order valence-corrected chi connectivity index (χ2v) is 7.43. The number of amides is 1. The summed E-state index contributed by atoms with van der Waals surface area (Å²) in [5.74, 6) is 0.708. The highest BCUT2D eigenvalue weighted by Gasteiger charge is 2.37. The minimum absolute atomic E-state index is 0.0390. The van der Waals surface area contributed by atoms with E-state index in [1.165, 1.54) is 0 Å². The first kappa shape index (κ1) is 12.8. The monoisotopic (exact) mass is 260 g/mol. The lowest BCUT2D eigenvalue weighted by Gasteiger charge is -2.28. The highest BCUT2D eigenvalue weighted by atomic mass is 32.2. The van der Waals surface area contributed by atoms with Crippen LogP contribution >= 0.6 is 0 Å². The number of nitrogens with zero attached hydrogens (tertiary/aromatic N) is 1. The predicted octanol–water partition coefficient (Wildman–Crippen LogP) is -0.370. The smallest absolute Gasteiger partial charge is 0.240 e. The van der Waals surface area contributed by atoms with Crippen molar-refractivity contribution in [2.45, 2.75) is 31.8 Å². The van der Waals surface area contributed by atoms with Gasteiger partial charge in [0.25, 0.3) is 0 Å². The third kappa shape index (κ3) is 2.63. The fraction of sp³-hybridized carbons (Fsp3) is 0.909. The summed E-state index contributed by atoms with van der Waals surface area (Å²) in [7, 11) is -1.20. The van der Waals surface area contributed by atoms with Crippen molar-refractivity contribution in [1.82, 2.24) is 10.2 Å². The van der Waals surface area contributed by atoms with E-state index in [1.807, 2.05) is 0 Å². The lowest BCUT2D eigenvalue weighted by atomic mass is 10.0. The van der Waals surface area contributed by atoms with Gasteiger partial charge in [0.05, 0.1) is 17.5 Å². The Morgan fingerprint density at radius 1 is 1.35 bits per heavy atom. The molecule has 2 aliphatic heterocycles. The number of hydrogen-bond acceptors (Lipinski definition) is 4. The molecule has 6 heteroatoms. The van der Waals surface area contributed by atoms with E-state index in [9.17, 15) is 13.2 Å². The topological polar surface area (TPSA) is 66.5 Å². The first-order valence-corrected chi connectivity index (χ1v) is 7.93. The number of likely N-dealkylation sites (N-methyl/N-ethyl adjacent to an activating group) is 1. The lowest BCUT2D eigenvalue weighted by Crippen LogP contribution is -2.48. The molecule has 0 aliphatic carbocycles. The molecule has 3 atom stereocenters. The third-order valence-electron chi connectivity index (χ3n) is 3.90. The zero-order valence-electron chi connectivity index (χ0n) is 10.3. The second kappa shape index (κ2) is 4.57. The Hall–Kier alpha value is -0.620. The number of rotatable bonds is 2. The Bertz CT molecular complexity index is 407. The molecule has 1 amide bonds. The normalized spacial score (nSPS) is 36.0. The van der Waals surface area contributed by atoms with E-state index >= 15 is 0 Å². The molecule has 1 N–H and O–H groups in total. The number of carbonyl (C=O) groups is 1. The van der Waals surface area contributed by atoms with Gasteiger partial charge in [-0.05, 0) is 25.3 Å². The molecule has 0 radical (unpaired) electrons. The standard InChI is InChI=1S/C11H20N2O3S/c1-8-3-5-12-10(8)11(14)13(2)9-4-6-17(15,16)7-9/h8-10,12H,3-7H2,1-2H3. The molecule has 2 saturated heterocycles. The van der Waals surface area contributed by atoms with Crippen LogP contribution < -0.4 is 5.32 Å². The van der Waals surface area contributed by atoms with Crippen molar-refractivity contribution in [3.8, 4) is 0 Å². The van der Waals surface area contributed by atoms with Gasteiger partial charge in [-0.2, -0.15) is 0 Å².